The number of hydrogen-bond donors (Lipinski definition) is 2. The van der Waals surface area contributed by atoms with Crippen molar-refractivity contribution in [2.24, 2.45) is 0 Å². The van der Waals surface area contributed by atoms with Crippen LogP contribution in [0.4, 0.5) is 0 Å². The Morgan fingerprint density at radius 3 is 2.46 bits per heavy atom. The van der Waals surface area contributed by atoms with Crippen LogP contribution in [0.3, 0.4) is 0 Å². The molecule has 0 radical (unpaired) electrons. The number of thioether (sulfide) groups is 1. The molecule has 0 atom stereocenters. The standard InChI is InChI=1S/C16H18ClN3O3S/c1-16(2,3)13-8-12(20-23-13)15(22)19-18-14(21)9-24-11-6-4-10(17)5-7-11/h4-8H,9H2,1-3H3,(H,18,21)(H,19,22). The summed E-state index contributed by atoms with van der Waals surface area (Å²) in [6, 6.07) is 8.70. The minimum atomic E-state index is -0.529. The summed E-state index contributed by atoms with van der Waals surface area (Å²) in [6.07, 6.45) is 0. The molecule has 2 rings (SSSR count). The van der Waals surface area contributed by atoms with Gasteiger partial charge in [0.1, 0.15) is 5.76 Å². The Hall–Kier alpha value is -1.99. The highest BCUT2D eigenvalue weighted by Gasteiger charge is 2.22. The van der Waals surface area contributed by atoms with Gasteiger partial charge in [-0.3, -0.25) is 20.4 Å². The Kier molecular flexibility index (Phi) is 5.90. The fraction of sp³-hybridized carbons (Fsp3) is 0.312. The molecule has 2 aromatic rings. The van der Waals surface area contributed by atoms with E-state index in [9.17, 15) is 9.59 Å². The monoisotopic (exact) mass is 367 g/mol. The zero-order valence-electron chi connectivity index (χ0n) is 13.6. The predicted octanol–water partition coefficient (Wildman–Crippen LogP) is 3.18. The first kappa shape index (κ1) is 18.4. The first-order valence-electron chi connectivity index (χ1n) is 7.20. The Morgan fingerprint density at radius 1 is 1.21 bits per heavy atom. The van der Waals surface area contributed by atoms with Crippen molar-refractivity contribution in [3.05, 3.63) is 46.8 Å². The van der Waals surface area contributed by atoms with Crippen LogP contribution in [-0.4, -0.2) is 22.7 Å². The molecule has 0 aliphatic rings. The number of carbonyl (C=O) groups excluding carboxylic acids is 2. The van der Waals surface area contributed by atoms with Crippen LogP contribution in [-0.2, 0) is 10.2 Å². The summed E-state index contributed by atoms with van der Waals surface area (Å²) < 4.78 is 5.13. The maximum atomic E-state index is 11.9. The Balaban J connectivity index is 1.79. The number of hydrazine groups is 1. The van der Waals surface area contributed by atoms with Crippen LogP contribution in [0.2, 0.25) is 5.02 Å². The highest BCUT2D eigenvalue weighted by Crippen LogP contribution is 2.22. The molecule has 2 N–H and O–H groups in total. The predicted molar refractivity (Wildman–Crippen MR) is 93.0 cm³/mol. The molecule has 1 heterocycles. The van der Waals surface area contributed by atoms with Crippen molar-refractivity contribution < 1.29 is 14.1 Å². The lowest BCUT2D eigenvalue weighted by atomic mass is 9.93. The molecular formula is C16H18ClN3O3S. The van der Waals surface area contributed by atoms with Gasteiger partial charge in [0.05, 0.1) is 5.75 Å². The third-order valence-electron chi connectivity index (χ3n) is 2.98. The van der Waals surface area contributed by atoms with E-state index in [0.29, 0.717) is 10.8 Å². The zero-order valence-corrected chi connectivity index (χ0v) is 15.1. The minimum absolute atomic E-state index is 0.116. The van der Waals surface area contributed by atoms with Crippen molar-refractivity contribution in [3.63, 3.8) is 0 Å². The Morgan fingerprint density at radius 2 is 1.88 bits per heavy atom. The van der Waals surface area contributed by atoms with E-state index in [-0.39, 0.29) is 22.8 Å². The van der Waals surface area contributed by atoms with Gasteiger partial charge in [0.15, 0.2) is 5.69 Å². The molecule has 1 aromatic carbocycles. The number of nitrogens with zero attached hydrogens (tertiary/aromatic N) is 1. The van der Waals surface area contributed by atoms with E-state index >= 15 is 0 Å². The largest absolute Gasteiger partial charge is 0.360 e. The third-order valence-corrected chi connectivity index (χ3v) is 4.25. The second-order valence-corrected chi connectivity index (χ2v) is 7.56. The molecule has 128 valence electrons. The fourth-order valence-corrected chi connectivity index (χ4v) is 2.47. The van der Waals surface area contributed by atoms with E-state index in [1.54, 1.807) is 18.2 Å². The van der Waals surface area contributed by atoms with E-state index in [1.807, 2.05) is 32.9 Å². The van der Waals surface area contributed by atoms with Crippen LogP contribution in [0.15, 0.2) is 39.8 Å². The van der Waals surface area contributed by atoms with Gasteiger partial charge in [-0.05, 0) is 24.3 Å². The Bertz CT molecular complexity index is 723. The van der Waals surface area contributed by atoms with Gasteiger partial charge < -0.3 is 4.52 Å². The minimum Gasteiger partial charge on any atom is -0.360 e. The van der Waals surface area contributed by atoms with E-state index < -0.39 is 5.91 Å². The van der Waals surface area contributed by atoms with Crippen LogP contribution in [0.25, 0.3) is 0 Å². The summed E-state index contributed by atoms with van der Waals surface area (Å²) in [5, 5.41) is 4.34. The highest BCUT2D eigenvalue weighted by molar-refractivity contribution is 8.00. The molecule has 0 unspecified atom stereocenters. The van der Waals surface area contributed by atoms with Crippen LogP contribution < -0.4 is 10.9 Å². The van der Waals surface area contributed by atoms with Crippen molar-refractivity contribution in [3.8, 4) is 0 Å². The van der Waals surface area contributed by atoms with Crippen molar-refractivity contribution in [1.82, 2.24) is 16.0 Å². The SMILES string of the molecule is CC(C)(C)c1cc(C(=O)NNC(=O)CSc2ccc(Cl)cc2)no1. The summed E-state index contributed by atoms with van der Waals surface area (Å²) in [7, 11) is 0. The molecule has 0 fully saturated rings. The van der Waals surface area contributed by atoms with E-state index in [0.717, 1.165) is 4.90 Å². The Labute approximate surface area is 149 Å². The second-order valence-electron chi connectivity index (χ2n) is 6.07. The van der Waals surface area contributed by atoms with E-state index in [1.165, 1.54) is 11.8 Å². The summed E-state index contributed by atoms with van der Waals surface area (Å²) in [5.74, 6) is -0.104. The van der Waals surface area contributed by atoms with Crippen LogP contribution in [0.1, 0.15) is 37.0 Å². The smallest absolute Gasteiger partial charge is 0.291 e. The summed E-state index contributed by atoms with van der Waals surface area (Å²) in [4.78, 5) is 24.6. The lowest BCUT2D eigenvalue weighted by Crippen LogP contribution is -2.42. The number of halogens is 1. The second kappa shape index (κ2) is 7.72. The molecule has 1 aromatic heterocycles. The van der Waals surface area contributed by atoms with Crippen LogP contribution >= 0.6 is 23.4 Å². The van der Waals surface area contributed by atoms with Gasteiger partial charge in [0, 0.05) is 21.4 Å². The van der Waals surface area contributed by atoms with Crippen LogP contribution in [0.5, 0.6) is 0 Å². The van der Waals surface area contributed by atoms with E-state index in [4.69, 9.17) is 16.1 Å². The first-order chi connectivity index (χ1) is 11.3. The molecule has 0 saturated heterocycles. The number of rotatable bonds is 4. The lowest BCUT2D eigenvalue weighted by molar-refractivity contribution is -0.119. The zero-order chi connectivity index (χ0) is 17.7. The van der Waals surface area contributed by atoms with Gasteiger partial charge in [0.2, 0.25) is 5.91 Å². The van der Waals surface area contributed by atoms with Crippen molar-refractivity contribution in [1.29, 1.82) is 0 Å². The van der Waals surface area contributed by atoms with Gasteiger partial charge in [0.25, 0.3) is 5.91 Å². The van der Waals surface area contributed by atoms with Gasteiger partial charge in [-0.15, -0.1) is 11.8 Å². The number of carbonyl (C=O) groups is 2. The fourth-order valence-electron chi connectivity index (χ4n) is 1.64. The maximum Gasteiger partial charge on any atom is 0.291 e. The average molecular weight is 368 g/mol. The maximum absolute atomic E-state index is 11.9. The van der Waals surface area contributed by atoms with Gasteiger partial charge in [-0.2, -0.15) is 0 Å². The molecule has 0 aliphatic heterocycles. The van der Waals surface area contributed by atoms with Crippen molar-refractivity contribution >= 4 is 35.2 Å². The van der Waals surface area contributed by atoms with Crippen molar-refractivity contribution in [2.75, 3.05) is 5.75 Å². The van der Waals surface area contributed by atoms with Gasteiger partial charge in [-0.25, -0.2) is 0 Å². The number of nitrogens with one attached hydrogen (secondary N) is 2. The summed E-state index contributed by atoms with van der Waals surface area (Å²) in [5.41, 5.74) is 4.53. The number of benzene rings is 1. The molecule has 2 amide bonds. The molecule has 24 heavy (non-hydrogen) atoms. The number of hydrogen-bond acceptors (Lipinski definition) is 5. The topological polar surface area (TPSA) is 84.2 Å². The lowest BCUT2D eigenvalue weighted by Gasteiger charge is -2.12. The van der Waals surface area contributed by atoms with Gasteiger partial charge >= 0.3 is 0 Å². The molecule has 0 spiro atoms. The first-order valence-corrected chi connectivity index (χ1v) is 8.57. The molecule has 0 bridgehead atoms. The number of aromatic nitrogens is 1. The molecule has 0 aliphatic carbocycles. The van der Waals surface area contributed by atoms with Crippen molar-refractivity contribution in [2.45, 2.75) is 31.1 Å². The van der Waals surface area contributed by atoms with Gasteiger partial charge in [-0.1, -0.05) is 37.5 Å². The molecular weight excluding hydrogens is 350 g/mol. The molecule has 0 saturated carbocycles. The van der Waals surface area contributed by atoms with Crippen LogP contribution in [0, 0.1) is 0 Å². The summed E-state index contributed by atoms with van der Waals surface area (Å²) in [6.45, 7) is 5.85. The average Bonchev–Trinajstić information content (AvgIpc) is 3.02. The number of amides is 2. The van der Waals surface area contributed by atoms with E-state index in [2.05, 4.69) is 16.0 Å². The highest BCUT2D eigenvalue weighted by atomic mass is 35.5. The molecule has 8 heteroatoms. The molecule has 6 nitrogen and oxygen atoms in total. The third kappa shape index (κ3) is 5.28. The summed E-state index contributed by atoms with van der Waals surface area (Å²) >= 11 is 7.13. The quantitative estimate of drug-likeness (QED) is 0.640. The normalized spacial score (nSPS) is 11.2.